The number of benzene rings is 1. The second kappa shape index (κ2) is 9.83. The Balaban J connectivity index is 1.22. The van der Waals surface area contributed by atoms with Crippen LogP contribution in [0.2, 0.25) is 0 Å². The van der Waals surface area contributed by atoms with Gasteiger partial charge in [-0.05, 0) is 36.1 Å². The van der Waals surface area contributed by atoms with E-state index in [4.69, 9.17) is 4.52 Å². The maximum Gasteiger partial charge on any atom is 0.401 e. The van der Waals surface area contributed by atoms with Gasteiger partial charge in [-0.2, -0.15) is 18.3 Å². The van der Waals surface area contributed by atoms with Gasteiger partial charge in [-0.15, -0.1) is 0 Å². The number of nitrogens with zero attached hydrogens (tertiary/aromatic N) is 5. The van der Waals surface area contributed by atoms with Gasteiger partial charge in [0.15, 0.2) is 11.6 Å². The summed E-state index contributed by atoms with van der Waals surface area (Å²) < 4.78 is 61.3. The number of halogens is 4. The molecule has 0 spiro atoms. The van der Waals surface area contributed by atoms with Crippen LogP contribution in [0.4, 0.5) is 23.4 Å². The number of aryl methyl sites for hydroxylation is 1. The predicted octanol–water partition coefficient (Wildman–Crippen LogP) is 5.67. The van der Waals surface area contributed by atoms with Crippen LogP contribution < -0.4 is 5.32 Å². The van der Waals surface area contributed by atoms with Crippen LogP contribution in [-0.2, 0) is 35.5 Å². The third-order valence-electron chi connectivity index (χ3n) is 7.07. The van der Waals surface area contributed by atoms with Gasteiger partial charge in [-0.3, -0.25) is 9.48 Å². The first-order chi connectivity index (χ1) is 18.7. The maximum atomic E-state index is 14.9. The second-order valence-electron chi connectivity index (χ2n) is 11.1. The van der Waals surface area contributed by atoms with E-state index >= 15 is 0 Å². The summed E-state index contributed by atoms with van der Waals surface area (Å²) in [5.74, 6) is -1.14. The first kappa shape index (κ1) is 27.5. The highest BCUT2D eigenvalue weighted by Gasteiger charge is 2.66. The minimum Gasteiger partial charge on any atom is -0.358 e. The molecule has 1 amide bonds. The van der Waals surface area contributed by atoms with Crippen LogP contribution in [0.15, 0.2) is 47.2 Å². The van der Waals surface area contributed by atoms with Crippen LogP contribution in [0, 0.1) is 5.82 Å². The molecule has 210 valence electrons. The number of nitrogens with one attached hydrogen (secondary N) is 1. The average Bonchev–Trinajstić information content (AvgIpc) is 3.44. The largest absolute Gasteiger partial charge is 0.401 e. The van der Waals surface area contributed by atoms with E-state index in [1.54, 1.807) is 18.5 Å². The number of anilines is 1. The van der Waals surface area contributed by atoms with E-state index < -0.39 is 23.3 Å². The minimum atomic E-state index is -4.46. The summed E-state index contributed by atoms with van der Waals surface area (Å²) in [7, 11) is 1.88. The molecule has 12 heteroatoms. The molecular formula is C28H28F4N6O2. The summed E-state index contributed by atoms with van der Waals surface area (Å²) in [5, 5.41) is 10.5. The lowest BCUT2D eigenvalue weighted by Crippen LogP contribution is -2.28. The fourth-order valence-corrected chi connectivity index (χ4v) is 4.38. The second-order valence-corrected chi connectivity index (χ2v) is 11.1. The van der Waals surface area contributed by atoms with Crippen LogP contribution in [0.1, 0.15) is 62.1 Å². The van der Waals surface area contributed by atoms with Crippen molar-refractivity contribution in [3.8, 4) is 11.1 Å². The highest BCUT2D eigenvalue weighted by molar-refractivity contribution is 5.91. The first-order valence-electron chi connectivity index (χ1n) is 12.7. The molecule has 40 heavy (non-hydrogen) atoms. The van der Waals surface area contributed by atoms with E-state index in [1.807, 2.05) is 17.8 Å². The normalized spacial score (nSPS) is 14.8. The zero-order valence-corrected chi connectivity index (χ0v) is 22.4. The Morgan fingerprint density at radius 2 is 1.77 bits per heavy atom. The number of alkyl halides is 3. The van der Waals surface area contributed by atoms with Crippen LogP contribution in [-0.4, -0.2) is 37.0 Å². The van der Waals surface area contributed by atoms with Crippen LogP contribution >= 0.6 is 0 Å². The zero-order valence-electron chi connectivity index (χ0n) is 22.4. The van der Waals surface area contributed by atoms with E-state index in [9.17, 15) is 22.4 Å². The summed E-state index contributed by atoms with van der Waals surface area (Å²) in [4.78, 5) is 21.3. The molecule has 5 rings (SSSR count). The standard InChI is InChI=1S/C28H28F4N6O2/c1-26(2,3)21-11-19(38(4)36-21)12-23-33-14-18(15-34-23)16-5-6-17(20(29)9-16)10-25(39)35-24-13-22(40-37-24)27(7-8-27)28(30,31)32/h5-6,9,11,13-15H,7-8,10,12H2,1-4H3,(H,35,37,39). The van der Waals surface area contributed by atoms with Gasteiger partial charge >= 0.3 is 6.18 Å². The summed E-state index contributed by atoms with van der Waals surface area (Å²) in [6, 6.07) is 7.51. The van der Waals surface area contributed by atoms with E-state index in [0.717, 1.165) is 17.5 Å². The van der Waals surface area contributed by atoms with Crippen LogP contribution in [0.3, 0.4) is 0 Å². The smallest absolute Gasteiger partial charge is 0.358 e. The molecule has 0 radical (unpaired) electrons. The minimum absolute atomic E-state index is 0.0760. The van der Waals surface area contributed by atoms with Gasteiger partial charge in [-0.25, -0.2) is 14.4 Å². The number of hydrogen-bond donors (Lipinski definition) is 1. The molecule has 0 unspecified atom stereocenters. The number of aromatic nitrogens is 5. The molecule has 3 heterocycles. The van der Waals surface area contributed by atoms with Gasteiger partial charge < -0.3 is 9.84 Å². The number of rotatable bonds is 7. The molecule has 1 fully saturated rings. The first-order valence-corrected chi connectivity index (χ1v) is 12.7. The molecule has 8 nitrogen and oxygen atoms in total. The van der Waals surface area contributed by atoms with Crippen molar-refractivity contribution < 1.29 is 26.9 Å². The fourth-order valence-electron chi connectivity index (χ4n) is 4.38. The molecule has 3 aromatic heterocycles. The summed E-state index contributed by atoms with van der Waals surface area (Å²) >= 11 is 0. The lowest BCUT2D eigenvalue weighted by Gasteiger charge is -2.14. The molecular weight excluding hydrogens is 528 g/mol. The van der Waals surface area contributed by atoms with Gasteiger partial charge in [0.25, 0.3) is 0 Å². The van der Waals surface area contributed by atoms with E-state index in [0.29, 0.717) is 23.4 Å². The Bertz CT molecular complexity index is 1550. The summed E-state index contributed by atoms with van der Waals surface area (Å²) in [6.07, 6.45) is -1.26. The van der Waals surface area contributed by atoms with Gasteiger partial charge in [0.1, 0.15) is 17.1 Å². The molecule has 0 saturated heterocycles. The van der Waals surface area contributed by atoms with Crippen LogP contribution in [0.5, 0.6) is 0 Å². The predicted molar refractivity (Wildman–Crippen MR) is 138 cm³/mol. The van der Waals surface area contributed by atoms with Crippen molar-refractivity contribution in [1.29, 1.82) is 0 Å². The molecule has 0 bridgehead atoms. The van der Waals surface area contributed by atoms with Crippen LogP contribution in [0.25, 0.3) is 11.1 Å². The Labute approximate surface area is 227 Å². The third kappa shape index (κ3) is 5.47. The van der Waals surface area contributed by atoms with Crippen molar-refractivity contribution in [1.82, 2.24) is 24.9 Å². The van der Waals surface area contributed by atoms with Gasteiger partial charge in [-0.1, -0.05) is 38.1 Å². The fraction of sp³-hybridized carbons (Fsp3) is 0.393. The third-order valence-corrected chi connectivity index (χ3v) is 7.07. The molecule has 0 atom stereocenters. The quantitative estimate of drug-likeness (QED) is 0.295. The van der Waals surface area contributed by atoms with Crippen molar-refractivity contribution in [2.75, 3.05) is 5.32 Å². The summed E-state index contributed by atoms with van der Waals surface area (Å²) in [5.41, 5.74) is 1.08. The molecule has 1 aromatic carbocycles. The van der Waals surface area contributed by atoms with E-state index in [-0.39, 0.29) is 41.8 Å². The Morgan fingerprint density at radius 3 is 2.35 bits per heavy atom. The lowest BCUT2D eigenvalue weighted by atomic mass is 9.92. The summed E-state index contributed by atoms with van der Waals surface area (Å²) in [6.45, 7) is 6.29. The molecule has 1 N–H and O–H groups in total. The molecule has 0 aliphatic heterocycles. The van der Waals surface area contributed by atoms with Crippen molar-refractivity contribution >= 4 is 11.7 Å². The Kier molecular flexibility index (Phi) is 6.75. The lowest BCUT2D eigenvalue weighted by molar-refractivity contribution is -0.165. The molecule has 4 aromatic rings. The molecule has 1 saturated carbocycles. The van der Waals surface area contributed by atoms with Crippen molar-refractivity contribution in [2.24, 2.45) is 7.05 Å². The average molecular weight is 557 g/mol. The Hall–Kier alpha value is -4.09. The van der Waals surface area contributed by atoms with Gasteiger partial charge in [0, 0.05) is 48.6 Å². The van der Waals surface area contributed by atoms with Crippen molar-refractivity contribution in [3.63, 3.8) is 0 Å². The monoisotopic (exact) mass is 556 g/mol. The number of carbonyl (C=O) groups is 1. The molecule has 1 aliphatic carbocycles. The number of carbonyl (C=O) groups excluding carboxylic acids is 1. The van der Waals surface area contributed by atoms with Gasteiger partial charge in [0.05, 0.1) is 12.1 Å². The van der Waals surface area contributed by atoms with Crippen molar-refractivity contribution in [3.05, 3.63) is 77.1 Å². The highest BCUT2D eigenvalue weighted by Crippen LogP contribution is 2.59. The van der Waals surface area contributed by atoms with Gasteiger partial charge in [0.2, 0.25) is 5.91 Å². The van der Waals surface area contributed by atoms with Crippen molar-refractivity contribution in [2.45, 2.75) is 63.5 Å². The number of hydrogen-bond acceptors (Lipinski definition) is 6. The Morgan fingerprint density at radius 1 is 1.07 bits per heavy atom. The maximum absolute atomic E-state index is 14.9. The molecule has 1 aliphatic rings. The zero-order chi connectivity index (χ0) is 28.9. The number of amides is 1. The van der Waals surface area contributed by atoms with E-state index in [2.05, 4.69) is 46.3 Å². The topological polar surface area (TPSA) is 98.7 Å². The SMILES string of the molecule is Cn1nc(C(C)(C)C)cc1Cc1ncc(-c2ccc(CC(=O)Nc3cc(C4(C(F)(F)F)CC4)on3)c(F)c2)cn1. The highest BCUT2D eigenvalue weighted by atomic mass is 19.4. The van der Waals surface area contributed by atoms with E-state index in [1.165, 1.54) is 12.1 Å².